The Kier molecular flexibility index (Phi) is 3.23. The Hall–Kier alpha value is -0.0800. The van der Waals surface area contributed by atoms with Crippen molar-refractivity contribution >= 4 is 0 Å². The molecule has 0 amide bonds. The second-order valence-corrected chi connectivity index (χ2v) is 4.72. The van der Waals surface area contributed by atoms with Gasteiger partial charge in [0, 0.05) is 12.6 Å². The lowest BCUT2D eigenvalue weighted by Crippen LogP contribution is -2.46. The van der Waals surface area contributed by atoms with Gasteiger partial charge >= 0.3 is 0 Å². The lowest BCUT2D eigenvalue weighted by atomic mass is 9.83. The smallest absolute Gasteiger partial charge is 0.0107 e. The molecular weight excluding hydrogens is 160 g/mol. The molecule has 0 aromatic carbocycles. The van der Waals surface area contributed by atoms with Crippen LogP contribution in [0.4, 0.5) is 0 Å². The fourth-order valence-corrected chi connectivity index (χ4v) is 2.82. The van der Waals surface area contributed by atoms with Crippen molar-refractivity contribution in [3.63, 3.8) is 0 Å². The fourth-order valence-electron chi connectivity index (χ4n) is 2.82. The third-order valence-electron chi connectivity index (χ3n) is 3.58. The molecule has 0 aromatic heterocycles. The van der Waals surface area contributed by atoms with Crippen LogP contribution in [-0.4, -0.2) is 37.6 Å². The number of hydrogen-bond acceptors (Lipinski definition) is 2. The Bertz CT molecular complexity index is 158. The first-order chi connectivity index (χ1) is 6.36. The van der Waals surface area contributed by atoms with Crippen molar-refractivity contribution in [2.45, 2.75) is 38.1 Å². The molecule has 1 saturated heterocycles. The maximum absolute atomic E-state index is 3.72. The normalized spacial score (nSPS) is 37.6. The van der Waals surface area contributed by atoms with Crippen LogP contribution in [0.3, 0.4) is 0 Å². The summed E-state index contributed by atoms with van der Waals surface area (Å²) in [6.45, 7) is 3.82. The summed E-state index contributed by atoms with van der Waals surface area (Å²) in [5.41, 5.74) is 0. The molecule has 2 fully saturated rings. The Morgan fingerprint density at radius 1 is 1.15 bits per heavy atom. The zero-order valence-electron chi connectivity index (χ0n) is 8.76. The first-order valence-electron chi connectivity index (χ1n) is 5.78. The van der Waals surface area contributed by atoms with E-state index in [1.54, 1.807) is 0 Å². The van der Waals surface area contributed by atoms with E-state index in [1.165, 1.54) is 51.7 Å². The molecule has 0 radical (unpaired) electrons. The fraction of sp³-hybridized carbons (Fsp3) is 1.00. The van der Waals surface area contributed by atoms with Crippen LogP contribution in [0.2, 0.25) is 0 Å². The summed E-state index contributed by atoms with van der Waals surface area (Å²) in [5, 5.41) is 3.72. The predicted octanol–water partition coefficient (Wildman–Crippen LogP) is 1.47. The maximum atomic E-state index is 3.72. The quantitative estimate of drug-likeness (QED) is 0.610. The molecule has 1 aliphatic carbocycles. The molecule has 2 atom stereocenters. The molecule has 0 spiro atoms. The van der Waals surface area contributed by atoms with Crippen molar-refractivity contribution < 1.29 is 0 Å². The molecule has 2 rings (SSSR count). The van der Waals surface area contributed by atoms with Crippen LogP contribution < -0.4 is 5.32 Å². The first-order valence-corrected chi connectivity index (χ1v) is 5.78. The van der Waals surface area contributed by atoms with Crippen LogP contribution in [0.25, 0.3) is 0 Å². The molecule has 76 valence electrons. The highest BCUT2D eigenvalue weighted by Crippen LogP contribution is 2.25. The van der Waals surface area contributed by atoms with Crippen LogP contribution in [0.15, 0.2) is 0 Å². The van der Waals surface area contributed by atoms with Gasteiger partial charge in [-0.3, -0.25) is 0 Å². The van der Waals surface area contributed by atoms with E-state index in [0.29, 0.717) is 0 Å². The van der Waals surface area contributed by atoms with Crippen molar-refractivity contribution in [1.29, 1.82) is 0 Å². The highest BCUT2D eigenvalue weighted by molar-refractivity contribution is 4.84. The van der Waals surface area contributed by atoms with Gasteiger partial charge in [-0.05, 0) is 45.3 Å². The van der Waals surface area contributed by atoms with Crippen LogP contribution in [-0.2, 0) is 0 Å². The summed E-state index contributed by atoms with van der Waals surface area (Å²) in [5.74, 6) is 0.930. The Morgan fingerprint density at radius 3 is 2.92 bits per heavy atom. The van der Waals surface area contributed by atoms with Crippen LogP contribution in [0, 0.1) is 5.92 Å². The van der Waals surface area contributed by atoms with Gasteiger partial charge in [-0.25, -0.2) is 0 Å². The zero-order chi connectivity index (χ0) is 9.10. The van der Waals surface area contributed by atoms with Gasteiger partial charge in [0.15, 0.2) is 0 Å². The van der Waals surface area contributed by atoms with Crippen LogP contribution in [0.5, 0.6) is 0 Å². The average Bonchev–Trinajstić information content (AvgIpc) is 2.11. The highest BCUT2D eigenvalue weighted by Gasteiger charge is 2.26. The van der Waals surface area contributed by atoms with Gasteiger partial charge in [0.25, 0.3) is 0 Å². The topological polar surface area (TPSA) is 15.3 Å². The van der Waals surface area contributed by atoms with Crippen molar-refractivity contribution in [3.05, 3.63) is 0 Å². The van der Waals surface area contributed by atoms with E-state index in [9.17, 15) is 0 Å². The van der Waals surface area contributed by atoms with E-state index >= 15 is 0 Å². The minimum absolute atomic E-state index is 0.830. The molecule has 2 unspecified atom stereocenters. The van der Waals surface area contributed by atoms with Crippen molar-refractivity contribution in [1.82, 2.24) is 10.2 Å². The van der Waals surface area contributed by atoms with Crippen LogP contribution in [0.1, 0.15) is 32.1 Å². The van der Waals surface area contributed by atoms with E-state index in [-0.39, 0.29) is 0 Å². The van der Waals surface area contributed by atoms with Crippen molar-refractivity contribution in [3.8, 4) is 0 Å². The molecule has 13 heavy (non-hydrogen) atoms. The van der Waals surface area contributed by atoms with Gasteiger partial charge in [-0.15, -0.1) is 0 Å². The molecule has 1 heterocycles. The van der Waals surface area contributed by atoms with E-state index in [0.717, 1.165) is 12.0 Å². The van der Waals surface area contributed by atoms with Gasteiger partial charge in [-0.2, -0.15) is 0 Å². The summed E-state index contributed by atoms with van der Waals surface area (Å²) < 4.78 is 0. The van der Waals surface area contributed by atoms with E-state index in [1.807, 2.05) is 0 Å². The second kappa shape index (κ2) is 4.43. The van der Waals surface area contributed by atoms with Gasteiger partial charge in [0.1, 0.15) is 0 Å². The number of hydrogen-bond donors (Lipinski definition) is 1. The highest BCUT2D eigenvalue weighted by atomic mass is 15.1. The SMILES string of the molecule is CN1CCCNC2CCCCC2C1. The average molecular weight is 182 g/mol. The summed E-state index contributed by atoms with van der Waals surface area (Å²) in [7, 11) is 2.27. The Morgan fingerprint density at radius 2 is 2.00 bits per heavy atom. The summed E-state index contributed by atoms with van der Waals surface area (Å²) >= 11 is 0. The zero-order valence-corrected chi connectivity index (χ0v) is 8.76. The minimum atomic E-state index is 0.830. The van der Waals surface area contributed by atoms with Gasteiger partial charge in [0.2, 0.25) is 0 Å². The molecule has 1 N–H and O–H groups in total. The molecule has 0 bridgehead atoms. The molecule has 2 heteroatoms. The molecule has 2 nitrogen and oxygen atoms in total. The molecule has 1 aliphatic heterocycles. The van der Waals surface area contributed by atoms with Gasteiger partial charge in [-0.1, -0.05) is 12.8 Å². The third kappa shape index (κ3) is 2.44. The maximum Gasteiger partial charge on any atom is 0.0107 e. The van der Waals surface area contributed by atoms with Crippen molar-refractivity contribution in [2.75, 3.05) is 26.7 Å². The number of fused-ring (bicyclic) bond motifs is 1. The molecular formula is C11H22N2. The lowest BCUT2D eigenvalue weighted by Gasteiger charge is -2.37. The van der Waals surface area contributed by atoms with Crippen LogP contribution >= 0.6 is 0 Å². The number of nitrogens with zero attached hydrogens (tertiary/aromatic N) is 1. The number of nitrogens with one attached hydrogen (secondary N) is 1. The minimum Gasteiger partial charge on any atom is -0.314 e. The molecule has 1 saturated carbocycles. The third-order valence-corrected chi connectivity index (χ3v) is 3.58. The Balaban J connectivity index is 1.93. The lowest BCUT2D eigenvalue weighted by molar-refractivity contribution is 0.169. The summed E-state index contributed by atoms with van der Waals surface area (Å²) in [6.07, 6.45) is 7.08. The van der Waals surface area contributed by atoms with Crippen molar-refractivity contribution in [2.24, 2.45) is 5.92 Å². The number of rotatable bonds is 0. The van der Waals surface area contributed by atoms with Gasteiger partial charge in [0.05, 0.1) is 0 Å². The molecule has 0 aromatic rings. The summed E-state index contributed by atoms with van der Waals surface area (Å²) in [4.78, 5) is 2.52. The second-order valence-electron chi connectivity index (χ2n) is 4.72. The predicted molar refractivity (Wildman–Crippen MR) is 55.9 cm³/mol. The van der Waals surface area contributed by atoms with E-state index in [4.69, 9.17) is 0 Å². The largest absolute Gasteiger partial charge is 0.314 e. The van der Waals surface area contributed by atoms with Gasteiger partial charge < -0.3 is 10.2 Å². The summed E-state index contributed by atoms with van der Waals surface area (Å²) in [6, 6.07) is 0.830. The van der Waals surface area contributed by atoms with E-state index < -0.39 is 0 Å². The van der Waals surface area contributed by atoms with E-state index in [2.05, 4.69) is 17.3 Å². The Labute approximate surface area is 81.7 Å². The standard InChI is InChI=1S/C11H22N2/c1-13-8-4-7-12-11-6-3-2-5-10(11)9-13/h10-12H,2-9H2,1H3. The molecule has 2 aliphatic rings. The monoisotopic (exact) mass is 182 g/mol. The first kappa shape index (κ1) is 9.47.